The molecule has 0 N–H and O–H groups in total. The number of sulfone groups is 1. The number of aromatic nitrogens is 2. The number of hydrogen-bond donors (Lipinski definition) is 0. The molecule has 4 nitrogen and oxygen atoms in total. The second-order valence-corrected chi connectivity index (χ2v) is 8.13. The molecule has 0 spiro atoms. The molecule has 0 amide bonds. The van der Waals surface area contributed by atoms with Crippen LogP contribution in [0.1, 0.15) is 18.1 Å². The standard InChI is InChI=1S/C17H16N2O2S2/c1-3-13-6-8-14(9-7-13)16-18-17(22-19-16)23(20,21)15-10-4-12(2)5-11-15/h4-11H,3H2,1-2H3. The van der Waals surface area contributed by atoms with Crippen LogP contribution in [0.3, 0.4) is 0 Å². The van der Waals surface area contributed by atoms with Crippen molar-refractivity contribution in [1.82, 2.24) is 9.36 Å². The van der Waals surface area contributed by atoms with Gasteiger partial charge < -0.3 is 0 Å². The first-order chi connectivity index (χ1) is 11.0. The van der Waals surface area contributed by atoms with Crippen molar-refractivity contribution in [2.24, 2.45) is 0 Å². The molecule has 0 bridgehead atoms. The molecule has 6 heteroatoms. The van der Waals surface area contributed by atoms with Gasteiger partial charge in [0.2, 0.25) is 14.2 Å². The largest absolute Gasteiger partial charge is 0.235 e. The molecular weight excluding hydrogens is 328 g/mol. The van der Waals surface area contributed by atoms with Crippen LogP contribution in [0, 0.1) is 6.92 Å². The quantitative estimate of drug-likeness (QED) is 0.720. The first-order valence-corrected chi connectivity index (χ1v) is 9.51. The third-order valence-corrected chi connectivity index (χ3v) is 6.43. The van der Waals surface area contributed by atoms with Gasteiger partial charge in [-0.25, -0.2) is 13.4 Å². The van der Waals surface area contributed by atoms with Crippen molar-refractivity contribution in [3.8, 4) is 11.4 Å². The summed E-state index contributed by atoms with van der Waals surface area (Å²) in [5, 5.41) is 0. The van der Waals surface area contributed by atoms with Crippen molar-refractivity contribution >= 4 is 21.4 Å². The van der Waals surface area contributed by atoms with Crippen LogP contribution in [0.5, 0.6) is 0 Å². The zero-order valence-corrected chi connectivity index (χ0v) is 14.5. The molecule has 1 heterocycles. The molecule has 1 aromatic heterocycles. The zero-order chi connectivity index (χ0) is 16.4. The Balaban J connectivity index is 1.95. The first-order valence-electron chi connectivity index (χ1n) is 7.25. The molecule has 0 atom stereocenters. The van der Waals surface area contributed by atoms with Crippen molar-refractivity contribution in [1.29, 1.82) is 0 Å². The van der Waals surface area contributed by atoms with E-state index in [4.69, 9.17) is 0 Å². The van der Waals surface area contributed by atoms with E-state index in [1.54, 1.807) is 24.3 Å². The van der Waals surface area contributed by atoms with Crippen molar-refractivity contribution in [3.63, 3.8) is 0 Å². The van der Waals surface area contributed by atoms with Gasteiger partial charge in [0, 0.05) is 5.56 Å². The predicted octanol–water partition coefficient (Wildman–Crippen LogP) is 3.91. The van der Waals surface area contributed by atoms with Crippen LogP contribution < -0.4 is 0 Å². The van der Waals surface area contributed by atoms with E-state index in [0.29, 0.717) is 5.82 Å². The number of aryl methyl sites for hydroxylation is 2. The Morgan fingerprint density at radius 3 is 2.26 bits per heavy atom. The summed E-state index contributed by atoms with van der Waals surface area (Å²) in [5.74, 6) is 0.448. The van der Waals surface area contributed by atoms with Gasteiger partial charge >= 0.3 is 0 Å². The van der Waals surface area contributed by atoms with Crippen LogP contribution in [0.15, 0.2) is 57.8 Å². The number of rotatable bonds is 4. The molecule has 118 valence electrons. The fraction of sp³-hybridized carbons (Fsp3) is 0.176. The van der Waals surface area contributed by atoms with Crippen LogP contribution >= 0.6 is 11.5 Å². The van der Waals surface area contributed by atoms with Gasteiger partial charge in [0.25, 0.3) is 0 Å². The summed E-state index contributed by atoms with van der Waals surface area (Å²) in [6.45, 7) is 4.00. The van der Waals surface area contributed by atoms with Gasteiger partial charge in [-0.1, -0.05) is 48.9 Å². The summed E-state index contributed by atoms with van der Waals surface area (Å²) in [6.07, 6.45) is 0.956. The highest BCUT2D eigenvalue weighted by atomic mass is 32.2. The molecule has 23 heavy (non-hydrogen) atoms. The predicted molar refractivity (Wildman–Crippen MR) is 91.4 cm³/mol. The Morgan fingerprint density at radius 2 is 1.65 bits per heavy atom. The van der Waals surface area contributed by atoms with Crippen molar-refractivity contribution in [2.75, 3.05) is 0 Å². The fourth-order valence-electron chi connectivity index (χ4n) is 2.14. The van der Waals surface area contributed by atoms with Crippen LogP contribution in [0.25, 0.3) is 11.4 Å². The molecule has 0 aliphatic rings. The second kappa shape index (κ2) is 6.22. The van der Waals surface area contributed by atoms with E-state index >= 15 is 0 Å². The normalized spacial score (nSPS) is 11.6. The minimum Gasteiger partial charge on any atom is -0.216 e. The third-order valence-electron chi connectivity index (χ3n) is 3.59. The molecule has 0 radical (unpaired) electrons. The summed E-state index contributed by atoms with van der Waals surface area (Å²) < 4.78 is 29.4. The number of nitrogens with zero attached hydrogens (tertiary/aromatic N) is 2. The molecule has 0 aliphatic carbocycles. The van der Waals surface area contributed by atoms with E-state index in [0.717, 1.165) is 29.1 Å². The van der Waals surface area contributed by atoms with Gasteiger partial charge in [0.05, 0.1) is 4.90 Å². The smallest absolute Gasteiger partial charge is 0.216 e. The summed E-state index contributed by atoms with van der Waals surface area (Å²) in [7, 11) is -3.61. The molecule has 0 fully saturated rings. The highest BCUT2D eigenvalue weighted by Crippen LogP contribution is 2.26. The topological polar surface area (TPSA) is 59.9 Å². The molecular formula is C17H16N2O2S2. The molecule has 3 aromatic rings. The third kappa shape index (κ3) is 3.18. The molecule has 0 unspecified atom stereocenters. The van der Waals surface area contributed by atoms with Crippen molar-refractivity contribution in [2.45, 2.75) is 29.5 Å². The lowest BCUT2D eigenvalue weighted by atomic mass is 10.1. The average molecular weight is 344 g/mol. The maximum atomic E-state index is 12.6. The monoisotopic (exact) mass is 344 g/mol. The van der Waals surface area contributed by atoms with Gasteiger partial charge in [0.15, 0.2) is 5.82 Å². The Labute approximate surface area is 139 Å². The summed E-state index contributed by atoms with van der Waals surface area (Å²) in [4.78, 5) is 4.47. The van der Waals surface area contributed by atoms with E-state index in [9.17, 15) is 8.42 Å². The SMILES string of the molecule is CCc1ccc(-c2nsc(S(=O)(=O)c3ccc(C)cc3)n2)cc1. The highest BCUT2D eigenvalue weighted by Gasteiger charge is 2.23. The van der Waals surface area contributed by atoms with E-state index in [2.05, 4.69) is 16.3 Å². The van der Waals surface area contributed by atoms with Gasteiger partial charge in [-0.3, -0.25) is 0 Å². The van der Waals surface area contributed by atoms with Gasteiger partial charge in [-0.05, 0) is 42.6 Å². The number of hydrogen-bond acceptors (Lipinski definition) is 5. The van der Waals surface area contributed by atoms with Crippen molar-refractivity contribution < 1.29 is 8.42 Å². The Morgan fingerprint density at radius 1 is 1.00 bits per heavy atom. The van der Waals surface area contributed by atoms with Crippen LogP contribution in [0.4, 0.5) is 0 Å². The Bertz CT molecular complexity index is 912. The van der Waals surface area contributed by atoms with E-state index < -0.39 is 9.84 Å². The van der Waals surface area contributed by atoms with Gasteiger partial charge in [-0.15, -0.1) is 0 Å². The van der Waals surface area contributed by atoms with Crippen LogP contribution in [-0.2, 0) is 16.3 Å². The van der Waals surface area contributed by atoms with E-state index in [1.165, 1.54) is 5.56 Å². The molecule has 3 rings (SSSR count). The molecule has 0 saturated carbocycles. The molecule has 2 aromatic carbocycles. The minimum absolute atomic E-state index is 0.0240. The summed E-state index contributed by atoms with van der Waals surface area (Å²) in [5.41, 5.74) is 3.05. The fourth-order valence-corrected chi connectivity index (χ4v) is 4.28. The average Bonchev–Trinajstić information content (AvgIpc) is 3.06. The lowest BCUT2D eigenvalue weighted by Crippen LogP contribution is -2.01. The Hall–Kier alpha value is -2.05. The maximum absolute atomic E-state index is 12.6. The lowest BCUT2D eigenvalue weighted by molar-refractivity contribution is 0.595. The molecule has 0 saturated heterocycles. The number of benzene rings is 2. The van der Waals surface area contributed by atoms with Gasteiger partial charge in [-0.2, -0.15) is 4.37 Å². The molecule has 0 aliphatic heterocycles. The highest BCUT2D eigenvalue weighted by molar-refractivity contribution is 7.93. The summed E-state index contributed by atoms with van der Waals surface area (Å²) in [6, 6.07) is 14.6. The summed E-state index contributed by atoms with van der Waals surface area (Å²) >= 11 is 0.911. The van der Waals surface area contributed by atoms with Crippen LogP contribution in [-0.4, -0.2) is 17.8 Å². The van der Waals surface area contributed by atoms with E-state index in [-0.39, 0.29) is 9.24 Å². The minimum atomic E-state index is -3.61. The van der Waals surface area contributed by atoms with E-state index in [1.807, 2.05) is 31.2 Å². The lowest BCUT2D eigenvalue weighted by Gasteiger charge is -2.01. The Kier molecular flexibility index (Phi) is 4.28. The maximum Gasteiger partial charge on any atom is 0.235 e. The van der Waals surface area contributed by atoms with Gasteiger partial charge in [0.1, 0.15) is 0 Å². The van der Waals surface area contributed by atoms with Crippen LogP contribution in [0.2, 0.25) is 0 Å². The van der Waals surface area contributed by atoms with Crippen molar-refractivity contribution in [3.05, 3.63) is 59.7 Å². The zero-order valence-electron chi connectivity index (χ0n) is 12.9. The second-order valence-electron chi connectivity index (χ2n) is 5.25. The first kappa shape index (κ1) is 15.8.